The third-order valence-corrected chi connectivity index (χ3v) is 3.82. The van der Waals surface area contributed by atoms with Gasteiger partial charge < -0.3 is 9.64 Å². The van der Waals surface area contributed by atoms with Gasteiger partial charge in [0.2, 0.25) is 5.91 Å². The lowest BCUT2D eigenvalue weighted by atomic mass is 10.2. The molecule has 0 unspecified atom stereocenters. The van der Waals surface area contributed by atoms with Crippen molar-refractivity contribution in [3.05, 3.63) is 70.2 Å². The van der Waals surface area contributed by atoms with Crippen molar-refractivity contribution >= 4 is 27.8 Å². The average molecular weight is 376 g/mol. The van der Waals surface area contributed by atoms with Crippen molar-refractivity contribution in [2.75, 3.05) is 6.54 Å². The molecule has 0 saturated heterocycles. The molecule has 0 heterocycles. The number of carbonyl (C=O) groups excluding carboxylic acids is 2. The van der Waals surface area contributed by atoms with Crippen molar-refractivity contribution in [2.24, 2.45) is 0 Å². The summed E-state index contributed by atoms with van der Waals surface area (Å²) < 4.78 is 6.20. The highest BCUT2D eigenvalue weighted by atomic mass is 79.9. The second-order valence-electron chi connectivity index (χ2n) is 5.15. The molecule has 0 aliphatic rings. The maximum absolute atomic E-state index is 12.0. The van der Waals surface area contributed by atoms with E-state index in [2.05, 4.69) is 15.9 Å². The van der Waals surface area contributed by atoms with Crippen molar-refractivity contribution in [1.82, 2.24) is 4.90 Å². The van der Waals surface area contributed by atoms with E-state index >= 15 is 0 Å². The van der Waals surface area contributed by atoms with Crippen LogP contribution in [-0.2, 0) is 27.5 Å². The molecule has 0 atom stereocenters. The lowest BCUT2D eigenvalue weighted by Gasteiger charge is -2.20. The van der Waals surface area contributed by atoms with Crippen molar-refractivity contribution in [2.45, 2.75) is 20.1 Å². The van der Waals surface area contributed by atoms with Gasteiger partial charge in [0.05, 0.1) is 0 Å². The summed E-state index contributed by atoms with van der Waals surface area (Å²) in [6.45, 7) is 1.98. The van der Waals surface area contributed by atoms with Gasteiger partial charge in [0, 0.05) is 17.9 Å². The van der Waals surface area contributed by atoms with Crippen molar-refractivity contribution in [3.8, 4) is 0 Å². The number of hydrogen-bond donors (Lipinski definition) is 0. The van der Waals surface area contributed by atoms with Crippen molar-refractivity contribution < 1.29 is 14.3 Å². The molecule has 0 saturated carbocycles. The molecule has 4 nitrogen and oxygen atoms in total. The quantitative estimate of drug-likeness (QED) is 0.725. The molecule has 0 bridgehead atoms. The SMILES string of the molecule is CC(=O)N(CC(=O)OCc1ccccc1)Cc1ccc(Br)cc1. The zero-order chi connectivity index (χ0) is 16.7. The molecule has 0 N–H and O–H groups in total. The third-order valence-electron chi connectivity index (χ3n) is 3.29. The number of carbonyl (C=O) groups is 2. The van der Waals surface area contributed by atoms with E-state index in [0.29, 0.717) is 6.54 Å². The number of nitrogens with zero attached hydrogens (tertiary/aromatic N) is 1. The first-order chi connectivity index (χ1) is 11.0. The van der Waals surface area contributed by atoms with Gasteiger partial charge in [0.1, 0.15) is 13.2 Å². The fraction of sp³-hybridized carbons (Fsp3) is 0.222. The summed E-state index contributed by atoms with van der Waals surface area (Å²) in [4.78, 5) is 25.2. The van der Waals surface area contributed by atoms with E-state index in [9.17, 15) is 9.59 Å². The Morgan fingerprint density at radius 2 is 1.65 bits per heavy atom. The molecular weight excluding hydrogens is 358 g/mol. The van der Waals surface area contributed by atoms with E-state index in [0.717, 1.165) is 15.6 Å². The highest BCUT2D eigenvalue weighted by Gasteiger charge is 2.15. The standard InChI is InChI=1S/C18H18BrNO3/c1-14(21)20(11-15-7-9-17(19)10-8-15)12-18(22)23-13-16-5-3-2-4-6-16/h2-10H,11-13H2,1H3. The van der Waals surface area contributed by atoms with Crippen LogP contribution in [0, 0.1) is 0 Å². The first-order valence-corrected chi connectivity index (χ1v) is 8.03. The normalized spacial score (nSPS) is 10.2. The molecule has 0 aliphatic heterocycles. The summed E-state index contributed by atoms with van der Waals surface area (Å²) in [5, 5.41) is 0. The monoisotopic (exact) mass is 375 g/mol. The van der Waals surface area contributed by atoms with E-state index < -0.39 is 5.97 Å². The fourth-order valence-electron chi connectivity index (χ4n) is 2.03. The Kier molecular flexibility index (Phi) is 6.35. The van der Waals surface area contributed by atoms with Gasteiger partial charge in [-0.3, -0.25) is 9.59 Å². The van der Waals surface area contributed by atoms with E-state index in [1.165, 1.54) is 11.8 Å². The van der Waals surface area contributed by atoms with Crippen LogP contribution in [0.5, 0.6) is 0 Å². The van der Waals surface area contributed by atoms with E-state index in [-0.39, 0.29) is 19.1 Å². The van der Waals surface area contributed by atoms with E-state index in [4.69, 9.17) is 4.74 Å². The Hall–Kier alpha value is -2.14. The predicted molar refractivity (Wildman–Crippen MR) is 91.5 cm³/mol. The summed E-state index contributed by atoms with van der Waals surface area (Å²) in [5.41, 5.74) is 1.88. The van der Waals surface area contributed by atoms with E-state index in [1.807, 2.05) is 54.6 Å². The Balaban J connectivity index is 1.89. The van der Waals surface area contributed by atoms with Crippen LogP contribution in [0.4, 0.5) is 0 Å². The van der Waals surface area contributed by atoms with Crippen molar-refractivity contribution in [3.63, 3.8) is 0 Å². The van der Waals surface area contributed by atoms with E-state index in [1.54, 1.807) is 0 Å². The summed E-state index contributed by atoms with van der Waals surface area (Å²) in [5.74, 6) is -0.578. The molecular formula is C18H18BrNO3. The second-order valence-corrected chi connectivity index (χ2v) is 6.06. The number of halogens is 1. The Labute approximate surface area is 144 Å². The molecule has 23 heavy (non-hydrogen) atoms. The van der Waals surface area contributed by atoms with Crippen LogP contribution in [0.25, 0.3) is 0 Å². The van der Waals surface area contributed by atoms with Gasteiger partial charge in [0.15, 0.2) is 0 Å². The maximum atomic E-state index is 12.0. The highest BCUT2D eigenvalue weighted by Crippen LogP contribution is 2.12. The van der Waals surface area contributed by atoms with Gasteiger partial charge in [-0.15, -0.1) is 0 Å². The minimum Gasteiger partial charge on any atom is -0.459 e. The van der Waals surface area contributed by atoms with Crippen LogP contribution >= 0.6 is 15.9 Å². The zero-order valence-corrected chi connectivity index (χ0v) is 14.5. The van der Waals surface area contributed by atoms with Crippen LogP contribution in [0.2, 0.25) is 0 Å². The average Bonchev–Trinajstić information content (AvgIpc) is 2.55. The second kappa shape index (κ2) is 8.48. The molecule has 0 fully saturated rings. The van der Waals surface area contributed by atoms with Gasteiger partial charge in [-0.05, 0) is 23.3 Å². The van der Waals surface area contributed by atoms with Crippen molar-refractivity contribution in [1.29, 1.82) is 0 Å². The first-order valence-electron chi connectivity index (χ1n) is 7.24. The number of esters is 1. The summed E-state index contributed by atoms with van der Waals surface area (Å²) in [7, 11) is 0. The van der Waals surface area contributed by atoms with Crippen LogP contribution in [0.15, 0.2) is 59.1 Å². The van der Waals surface area contributed by atoms with Gasteiger partial charge in [0.25, 0.3) is 0 Å². The summed E-state index contributed by atoms with van der Waals surface area (Å²) in [6.07, 6.45) is 0. The van der Waals surface area contributed by atoms with Gasteiger partial charge in [-0.2, -0.15) is 0 Å². The number of benzene rings is 2. The van der Waals surface area contributed by atoms with Crippen LogP contribution in [-0.4, -0.2) is 23.3 Å². The molecule has 2 rings (SSSR count). The number of amides is 1. The molecule has 2 aromatic carbocycles. The van der Waals surface area contributed by atoms with Crippen LogP contribution in [0.1, 0.15) is 18.1 Å². The first kappa shape index (κ1) is 17.2. The molecule has 120 valence electrons. The molecule has 1 amide bonds. The third kappa shape index (κ3) is 5.87. The molecule has 5 heteroatoms. The molecule has 0 aliphatic carbocycles. The Bertz CT molecular complexity index is 656. The lowest BCUT2D eigenvalue weighted by Crippen LogP contribution is -2.34. The van der Waals surface area contributed by atoms with Gasteiger partial charge in [-0.1, -0.05) is 58.4 Å². The molecule has 0 radical (unpaired) electrons. The summed E-state index contributed by atoms with van der Waals surface area (Å²) in [6, 6.07) is 17.1. The topological polar surface area (TPSA) is 46.6 Å². The highest BCUT2D eigenvalue weighted by molar-refractivity contribution is 9.10. The number of ether oxygens (including phenoxy) is 1. The molecule has 2 aromatic rings. The Morgan fingerprint density at radius 3 is 2.26 bits per heavy atom. The van der Waals surface area contributed by atoms with Gasteiger partial charge in [-0.25, -0.2) is 0 Å². The largest absolute Gasteiger partial charge is 0.459 e. The van der Waals surface area contributed by atoms with Gasteiger partial charge >= 0.3 is 5.97 Å². The Morgan fingerprint density at radius 1 is 1.00 bits per heavy atom. The molecule has 0 aromatic heterocycles. The number of hydrogen-bond acceptors (Lipinski definition) is 3. The lowest BCUT2D eigenvalue weighted by molar-refractivity contribution is -0.150. The zero-order valence-electron chi connectivity index (χ0n) is 12.9. The maximum Gasteiger partial charge on any atom is 0.325 e. The summed E-state index contributed by atoms with van der Waals surface area (Å²) >= 11 is 3.37. The van der Waals surface area contributed by atoms with Crippen LogP contribution < -0.4 is 0 Å². The predicted octanol–water partition coefficient (Wildman–Crippen LogP) is 3.54. The smallest absolute Gasteiger partial charge is 0.325 e. The minimum absolute atomic E-state index is 0.0573. The minimum atomic E-state index is -0.416. The number of rotatable bonds is 6. The van der Waals surface area contributed by atoms with Crippen LogP contribution in [0.3, 0.4) is 0 Å². The molecule has 0 spiro atoms. The fourth-order valence-corrected chi connectivity index (χ4v) is 2.29.